The molecule has 7 nitrogen and oxygen atoms in total. The number of halogens is 1. The lowest BCUT2D eigenvalue weighted by molar-refractivity contribution is -0.384. The molecule has 0 unspecified atom stereocenters. The number of hydrogen-bond acceptors (Lipinski definition) is 7. The van der Waals surface area contributed by atoms with E-state index in [0.717, 1.165) is 23.5 Å². The molecule has 26 heavy (non-hydrogen) atoms. The summed E-state index contributed by atoms with van der Waals surface area (Å²) in [7, 11) is 0. The minimum absolute atomic E-state index is 0.0307. The number of aliphatic hydroxyl groups excluding tert-OH is 1. The number of nitrogens with zero attached hydrogens (tertiary/aromatic N) is 3. The third kappa shape index (κ3) is 3.13. The molecule has 1 aromatic heterocycles. The summed E-state index contributed by atoms with van der Waals surface area (Å²) in [5.74, 6) is -0.508. The van der Waals surface area contributed by atoms with Crippen molar-refractivity contribution >= 4 is 50.0 Å². The Morgan fingerprint density at radius 1 is 1.31 bits per heavy atom. The lowest BCUT2D eigenvalue weighted by Gasteiger charge is -2.06. The summed E-state index contributed by atoms with van der Waals surface area (Å²) in [4.78, 5) is 26.2. The maximum Gasteiger partial charge on any atom is 0.279 e. The molecule has 0 amide bonds. The Morgan fingerprint density at radius 3 is 2.69 bits per heavy atom. The van der Waals surface area contributed by atoms with Gasteiger partial charge in [0.15, 0.2) is 0 Å². The van der Waals surface area contributed by atoms with Crippen LogP contribution in [0.25, 0.3) is 21.4 Å². The van der Waals surface area contributed by atoms with E-state index < -0.39 is 16.2 Å². The monoisotopic (exact) mass is 385 g/mol. The molecule has 3 rings (SSSR count). The van der Waals surface area contributed by atoms with Gasteiger partial charge in [0.05, 0.1) is 15.3 Å². The topological polar surface area (TPSA) is 117 Å². The summed E-state index contributed by atoms with van der Waals surface area (Å²) in [6, 6.07) is 12.0. The van der Waals surface area contributed by atoms with Crippen LogP contribution in [0.5, 0.6) is 0 Å². The molecule has 0 saturated carbocycles. The second kappa shape index (κ2) is 6.92. The first kappa shape index (κ1) is 17.5. The molecule has 0 aliphatic carbocycles. The number of fused-ring (bicyclic) bond motifs is 1. The number of aromatic nitrogens is 1. The zero-order valence-corrected chi connectivity index (χ0v) is 14.4. The first-order chi connectivity index (χ1) is 12.4. The summed E-state index contributed by atoms with van der Waals surface area (Å²) in [6.45, 7) is 0. The fourth-order valence-corrected chi connectivity index (χ4v) is 3.52. The minimum atomic E-state index is -0.627. The van der Waals surface area contributed by atoms with Crippen LogP contribution in [0.3, 0.4) is 0 Å². The normalized spacial score (nSPS) is 11.7. The molecule has 3 aromatic rings. The Bertz CT molecular complexity index is 1180. The molecule has 128 valence electrons. The molecule has 2 aromatic carbocycles. The van der Waals surface area contributed by atoms with Gasteiger partial charge >= 0.3 is 0 Å². The number of non-ortho nitro benzene ring substituents is 1. The van der Waals surface area contributed by atoms with Gasteiger partial charge in [-0.25, -0.2) is 0 Å². The number of aliphatic hydroxyl groups is 1. The lowest BCUT2D eigenvalue weighted by atomic mass is 10.1. The highest BCUT2D eigenvalue weighted by molar-refractivity contribution is 7.19. The van der Waals surface area contributed by atoms with Gasteiger partial charge in [0, 0.05) is 22.4 Å². The summed E-state index contributed by atoms with van der Waals surface area (Å²) in [5, 5.41) is 31.1. The van der Waals surface area contributed by atoms with E-state index in [1.165, 1.54) is 6.07 Å². The molecule has 0 aliphatic heterocycles. The molecule has 0 fully saturated rings. The van der Waals surface area contributed by atoms with E-state index >= 15 is 0 Å². The van der Waals surface area contributed by atoms with Crippen LogP contribution in [-0.4, -0.2) is 15.0 Å². The number of benzene rings is 2. The van der Waals surface area contributed by atoms with Gasteiger partial charge < -0.3 is 5.11 Å². The molecule has 0 spiro atoms. The Morgan fingerprint density at radius 2 is 2.04 bits per heavy atom. The molecule has 0 saturated heterocycles. The molecule has 1 N–H and O–H groups in total. The largest absolute Gasteiger partial charge is 0.506 e. The smallest absolute Gasteiger partial charge is 0.279 e. The fraction of sp³-hybridized carbons (Fsp3) is 0. The zero-order valence-electron chi connectivity index (χ0n) is 12.8. The van der Waals surface area contributed by atoms with Crippen LogP contribution in [0.1, 0.15) is 10.6 Å². The molecule has 0 radical (unpaired) electrons. The Kier molecular flexibility index (Phi) is 4.67. The van der Waals surface area contributed by atoms with Crippen molar-refractivity contribution in [2.45, 2.75) is 0 Å². The number of allylic oxidation sites excluding steroid dienone is 1. The third-order valence-electron chi connectivity index (χ3n) is 3.51. The number of hydrogen-bond donors (Lipinski definition) is 1. The van der Waals surface area contributed by atoms with Crippen molar-refractivity contribution in [3.05, 3.63) is 78.5 Å². The lowest BCUT2D eigenvalue weighted by Crippen LogP contribution is -2.07. The Hall–Kier alpha value is -3.28. The van der Waals surface area contributed by atoms with E-state index in [0.29, 0.717) is 10.1 Å². The predicted octanol–water partition coefficient (Wildman–Crippen LogP) is 4.17. The number of nitro groups is 1. The van der Waals surface area contributed by atoms with E-state index in [-0.39, 0.29) is 26.9 Å². The van der Waals surface area contributed by atoms with Crippen LogP contribution in [0.2, 0.25) is 5.02 Å². The van der Waals surface area contributed by atoms with Gasteiger partial charge in [0.2, 0.25) is 0 Å². The predicted molar refractivity (Wildman–Crippen MR) is 99.1 cm³/mol. The van der Waals surface area contributed by atoms with Crippen molar-refractivity contribution < 1.29 is 10.0 Å². The third-order valence-corrected chi connectivity index (χ3v) is 4.89. The van der Waals surface area contributed by atoms with Crippen molar-refractivity contribution in [3.8, 4) is 6.07 Å². The van der Waals surface area contributed by atoms with Crippen LogP contribution >= 0.6 is 22.9 Å². The SMILES string of the molecule is N#C/C(=C(/O)c1ccc([N+](=O)[O-])cc1Cl)c1nc(=O)c2ccccc2s1. The van der Waals surface area contributed by atoms with Gasteiger partial charge in [0.25, 0.3) is 11.2 Å². The molecular formula is C17H8ClN3O4S. The first-order valence-corrected chi connectivity index (χ1v) is 8.29. The quantitative estimate of drug-likeness (QED) is 0.313. The second-order valence-corrected chi connectivity index (χ2v) is 6.51. The van der Waals surface area contributed by atoms with E-state index in [1.54, 1.807) is 24.3 Å². The number of nitriles is 1. The molecule has 9 heteroatoms. The van der Waals surface area contributed by atoms with Gasteiger partial charge in [-0.1, -0.05) is 23.7 Å². The van der Waals surface area contributed by atoms with Gasteiger partial charge in [-0.2, -0.15) is 10.2 Å². The van der Waals surface area contributed by atoms with Crippen LogP contribution < -0.4 is 5.56 Å². The number of nitro benzene ring substituents is 1. The number of rotatable bonds is 3. The van der Waals surface area contributed by atoms with E-state index in [2.05, 4.69) is 4.98 Å². The van der Waals surface area contributed by atoms with Crippen LogP contribution in [0.15, 0.2) is 47.3 Å². The Balaban J connectivity index is 2.21. The second-order valence-electron chi connectivity index (χ2n) is 5.08. The molecular weight excluding hydrogens is 378 g/mol. The van der Waals surface area contributed by atoms with Gasteiger partial charge in [-0.05, 0) is 18.2 Å². The highest BCUT2D eigenvalue weighted by Crippen LogP contribution is 2.32. The average molecular weight is 386 g/mol. The van der Waals surface area contributed by atoms with E-state index in [1.807, 2.05) is 6.07 Å². The van der Waals surface area contributed by atoms with E-state index in [4.69, 9.17) is 11.6 Å². The summed E-state index contributed by atoms with van der Waals surface area (Å²) in [6.07, 6.45) is 0. The standard InChI is InChI=1S/C17H8ClN3O4S/c18-13-7-9(21(24)25)5-6-10(13)15(22)12(8-19)17-20-16(23)11-3-1-2-4-14(11)26-17/h1-7,22H/b15-12-. The van der Waals surface area contributed by atoms with E-state index in [9.17, 15) is 25.3 Å². The van der Waals surface area contributed by atoms with Gasteiger partial charge in [-0.15, -0.1) is 11.3 Å². The van der Waals surface area contributed by atoms with Crippen LogP contribution in [0.4, 0.5) is 5.69 Å². The molecule has 1 heterocycles. The average Bonchev–Trinajstić information content (AvgIpc) is 2.62. The van der Waals surface area contributed by atoms with Crippen LogP contribution in [-0.2, 0) is 0 Å². The highest BCUT2D eigenvalue weighted by Gasteiger charge is 2.19. The Labute approximate surface area is 155 Å². The maximum atomic E-state index is 12.1. The molecule has 0 bridgehead atoms. The van der Waals surface area contributed by atoms with Crippen molar-refractivity contribution in [2.75, 3.05) is 0 Å². The van der Waals surface area contributed by atoms with Gasteiger partial charge in [0.1, 0.15) is 22.4 Å². The fourth-order valence-electron chi connectivity index (χ4n) is 2.27. The summed E-state index contributed by atoms with van der Waals surface area (Å²) in [5.41, 5.74) is -0.986. The minimum Gasteiger partial charge on any atom is -0.506 e. The van der Waals surface area contributed by atoms with Crippen molar-refractivity contribution in [1.82, 2.24) is 4.98 Å². The summed E-state index contributed by atoms with van der Waals surface area (Å²) < 4.78 is 0.609. The van der Waals surface area contributed by atoms with Crippen molar-refractivity contribution in [1.29, 1.82) is 5.26 Å². The highest BCUT2D eigenvalue weighted by atomic mass is 35.5. The first-order valence-electron chi connectivity index (χ1n) is 7.10. The zero-order chi connectivity index (χ0) is 18.8. The van der Waals surface area contributed by atoms with Crippen LogP contribution in [0, 0.1) is 21.4 Å². The summed E-state index contributed by atoms with van der Waals surface area (Å²) >= 11 is 7.06. The van der Waals surface area contributed by atoms with Crippen molar-refractivity contribution in [3.63, 3.8) is 0 Å². The molecule has 0 atom stereocenters. The van der Waals surface area contributed by atoms with Gasteiger partial charge in [-0.3, -0.25) is 14.9 Å². The maximum absolute atomic E-state index is 12.1. The molecule has 0 aliphatic rings. The van der Waals surface area contributed by atoms with Crippen molar-refractivity contribution in [2.24, 2.45) is 0 Å².